The van der Waals surface area contributed by atoms with Gasteiger partial charge in [-0.1, -0.05) is 30.3 Å². The highest BCUT2D eigenvalue weighted by Crippen LogP contribution is 2.33. The Morgan fingerprint density at radius 2 is 1.75 bits per heavy atom. The van der Waals surface area contributed by atoms with Crippen LogP contribution in [0.1, 0.15) is 37.7 Å². The summed E-state index contributed by atoms with van der Waals surface area (Å²) in [7, 11) is 0. The van der Waals surface area contributed by atoms with Crippen molar-refractivity contribution in [1.29, 1.82) is 0 Å². The number of carbonyl (C=O) groups is 2. The molecular weight excluding hydrogens is 354 g/mol. The number of carbonyl (C=O) groups excluding carboxylic acids is 2. The zero-order valence-electron chi connectivity index (χ0n) is 15.7. The van der Waals surface area contributed by atoms with Crippen LogP contribution in [0.5, 0.6) is 6.01 Å². The lowest BCUT2D eigenvalue weighted by Crippen LogP contribution is -2.42. The van der Waals surface area contributed by atoms with Gasteiger partial charge in [-0.25, -0.2) is 9.97 Å². The van der Waals surface area contributed by atoms with Gasteiger partial charge in [0, 0.05) is 50.3 Å². The minimum atomic E-state index is 0.0126. The lowest BCUT2D eigenvalue weighted by atomic mass is 9.99. The van der Waals surface area contributed by atoms with Gasteiger partial charge >= 0.3 is 6.01 Å². The number of hydrogen-bond acceptors (Lipinski definition) is 5. The third kappa shape index (κ3) is 4.11. The van der Waals surface area contributed by atoms with E-state index < -0.39 is 0 Å². The summed E-state index contributed by atoms with van der Waals surface area (Å²) in [5.41, 5.74) is 2.76. The number of aromatic nitrogens is 2. The number of amides is 1. The van der Waals surface area contributed by atoms with Crippen molar-refractivity contribution in [1.82, 2.24) is 14.9 Å². The molecule has 1 aromatic heterocycles. The van der Waals surface area contributed by atoms with Crippen molar-refractivity contribution < 1.29 is 14.3 Å². The Kier molecular flexibility index (Phi) is 5.46. The average Bonchev–Trinajstić information content (AvgIpc) is 3.10. The Morgan fingerprint density at radius 3 is 2.46 bits per heavy atom. The molecule has 4 rings (SSSR count). The van der Waals surface area contributed by atoms with Crippen molar-refractivity contribution in [3.63, 3.8) is 0 Å². The van der Waals surface area contributed by atoms with Gasteiger partial charge in [0.25, 0.3) is 0 Å². The summed E-state index contributed by atoms with van der Waals surface area (Å²) in [6.07, 6.45) is 6.20. The fraction of sp³-hybridized carbons (Fsp3) is 0.364. The fourth-order valence-corrected chi connectivity index (χ4v) is 3.85. The molecule has 0 N–H and O–H groups in total. The fourth-order valence-electron chi connectivity index (χ4n) is 3.85. The van der Waals surface area contributed by atoms with E-state index in [1.807, 2.05) is 35.2 Å². The predicted octanol–water partition coefficient (Wildman–Crippen LogP) is 3.05. The molecule has 1 aliphatic carbocycles. The van der Waals surface area contributed by atoms with Gasteiger partial charge < -0.3 is 9.64 Å². The van der Waals surface area contributed by atoms with E-state index in [0.717, 1.165) is 30.4 Å². The number of likely N-dealkylation sites (tertiary alicyclic amines) is 1. The van der Waals surface area contributed by atoms with E-state index in [0.29, 0.717) is 31.1 Å². The van der Waals surface area contributed by atoms with Crippen molar-refractivity contribution in [3.05, 3.63) is 59.9 Å². The van der Waals surface area contributed by atoms with Gasteiger partial charge in [0.15, 0.2) is 5.78 Å². The molecule has 144 valence electrons. The molecule has 6 nitrogen and oxygen atoms in total. The lowest BCUT2D eigenvalue weighted by molar-refractivity contribution is -0.133. The third-order valence-electron chi connectivity index (χ3n) is 5.36. The highest BCUT2D eigenvalue weighted by Gasteiger charge is 2.29. The van der Waals surface area contributed by atoms with Crippen LogP contribution in [0.2, 0.25) is 0 Å². The summed E-state index contributed by atoms with van der Waals surface area (Å²) in [6, 6.07) is 12.0. The molecular formula is C22H23N3O3. The molecule has 0 atom stereocenters. The summed E-state index contributed by atoms with van der Waals surface area (Å²) in [5, 5.41) is 0. The summed E-state index contributed by atoms with van der Waals surface area (Å²) < 4.78 is 5.79. The van der Waals surface area contributed by atoms with Crippen LogP contribution < -0.4 is 4.74 Å². The maximum atomic E-state index is 12.8. The highest BCUT2D eigenvalue weighted by atomic mass is 16.5. The van der Waals surface area contributed by atoms with E-state index in [1.165, 1.54) is 0 Å². The molecule has 0 saturated carbocycles. The van der Waals surface area contributed by atoms with Gasteiger partial charge in [0.2, 0.25) is 5.91 Å². The van der Waals surface area contributed by atoms with Crippen LogP contribution in [-0.4, -0.2) is 45.8 Å². The molecule has 0 unspecified atom stereocenters. The monoisotopic (exact) mass is 377 g/mol. The molecule has 1 aromatic carbocycles. The molecule has 0 spiro atoms. The minimum Gasteiger partial charge on any atom is -0.460 e. The van der Waals surface area contributed by atoms with Crippen LogP contribution in [0.15, 0.2) is 54.4 Å². The van der Waals surface area contributed by atoms with Gasteiger partial charge in [0.1, 0.15) is 6.10 Å². The number of ether oxygens (including phenoxy) is 1. The largest absolute Gasteiger partial charge is 0.460 e. The van der Waals surface area contributed by atoms with E-state index in [2.05, 4.69) is 9.97 Å². The Bertz CT molecular complexity index is 872. The molecule has 2 heterocycles. The van der Waals surface area contributed by atoms with Gasteiger partial charge in [0.05, 0.1) is 6.42 Å². The first-order chi connectivity index (χ1) is 13.7. The Balaban J connectivity index is 1.37. The van der Waals surface area contributed by atoms with Crippen molar-refractivity contribution in [2.45, 2.75) is 38.2 Å². The molecule has 1 fully saturated rings. The van der Waals surface area contributed by atoms with E-state index in [-0.39, 0.29) is 24.2 Å². The van der Waals surface area contributed by atoms with E-state index in [9.17, 15) is 9.59 Å². The quantitative estimate of drug-likeness (QED) is 0.801. The molecule has 2 aromatic rings. The van der Waals surface area contributed by atoms with E-state index in [1.54, 1.807) is 18.5 Å². The minimum absolute atomic E-state index is 0.0126. The second-order valence-corrected chi connectivity index (χ2v) is 7.15. The molecule has 2 aliphatic rings. The summed E-state index contributed by atoms with van der Waals surface area (Å²) in [6.45, 7) is 1.25. The van der Waals surface area contributed by atoms with Crippen LogP contribution in [0.25, 0.3) is 5.57 Å². The molecule has 6 heteroatoms. The summed E-state index contributed by atoms with van der Waals surface area (Å²) >= 11 is 0. The number of hydrogen-bond donors (Lipinski definition) is 0. The standard InChI is InChI=1S/C22H23N3O3/c26-20-8-7-18(16-5-2-1-3-6-16)19(20)15-21(27)25-13-9-17(10-14-25)28-22-23-11-4-12-24-22/h1-6,11-12,17H,7-10,13-15H2. The number of Topliss-reactive ketones (excluding diaryl/α,β-unsaturated/α-hetero) is 1. The molecule has 1 amide bonds. The maximum absolute atomic E-state index is 12.8. The topological polar surface area (TPSA) is 72.4 Å². The predicted molar refractivity (Wildman–Crippen MR) is 104 cm³/mol. The van der Waals surface area contributed by atoms with E-state index in [4.69, 9.17) is 4.74 Å². The van der Waals surface area contributed by atoms with Crippen LogP contribution in [-0.2, 0) is 9.59 Å². The van der Waals surface area contributed by atoms with E-state index >= 15 is 0 Å². The molecule has 1 saturated heterocycles. The maximum Gasteiger partial charge on any atom is 0.316 e. The smallest absolute Gasteiger partial charge is 0.316 e. The number of piperidine rings is 1. The van der Waals surface area contributed by atoms with Crippen molar-refractivity contribution in [2.24, 2.45) is 0 Å². The SMILES string of the molecule is O=C1CCC(c2ccccc2)=C1CC(=O)N1CCC(Oc2ncccn2)CC1. The van der Waals surface area contributed by atoms with Crippen molar-refractivity contribution in [3.8, 4) is 6.01 Å². The summed E-state index contributed by atoms with van der Waals surface area (Å²) in [5.74, 6) is 0.125. The van der Waals surface area contributed by atoms with Crippen LogP contribution in [0, 0.1) is 0 Å². The number of benzene rings is 1. The third-order valence-corrected chi connectivity index (χ3v) is 5.36. The number of rotatable bonds is 5. The van der Waals surface area contributed by atoms with Crippen LogP contribution in [0.3, 0.4) is 0 Å². The lowest BCUT2D eigenvalue weighted by Gasteiger charge is -2.31. The average molecular weight is 377 g/mol. The zero-order valence-corrected chi connectivity index (χ0v) is 15.7. The molecule has 1 aliphatic heterocycles. The normalized spacial score (nSPS) is 17.9. The molecule has 0 bridgehead atoms. The zero-order chi connectivity index (χ0) is 19.3. The van der Waals surface area contributed by atoms with Crippen LogP contribution >= 0.6 is 0 Å². The first-order valence-corrected chi connectivity index (χ1v) is 9.73. The highest BCUT2D eigenvalue weighted by molar-refractivity contribution is 6.10. The second kappa shape index (κ2) is 8.33. The number of ketones is 1. The van der Waals surface area contributed by atoms with Gasteiger partial charge in [-0.3, -0.25) is 9.59 Å². The number of nitrogens with zero attached hydrogens (tertiary/aromatic N) is 3. The molecule has 28 heavy (non-hydrogen) atoms. The summed E-state index contributed by atoms with van der Waals surface area (Å²) in [4.78, 5) is 35.2. The van der Waals surface area contributed by atoms with Crippen LogP contribution in [0.4, 0.5) is 0 Å². The molecule has 0 radical (unpaired) electrons. The van der Waals surface area contributed by atoms with Gasteiger partial charge in [-0.2, -0.15) is 0 Å². The Labute approximate surface area is 164 Å². The Morgan fingerprint density at radius 1 is 1.04 bits per heavy atom. The second-order valence-electron chi connectivity index (χ2n) is 7.15. The first kappa shape index (κ1) is 18.3. The van der Waals surface area contributed by atoms with Gasteiger partial charge in [-0.15, -0.1) is 0 Å². The van der Waals surface area contributed by atoms with Crippen molar-refractivity contribution in [2.75, 3.05) is 13.1 Å². The van der Waals surface area contributed by atoms with Crippen molar-refractivity contribution >= 4 is 17.3 Å². The number of allylic oxidation sites excluding steroid dienone is 1. The Hall–Kier alpha value is -3.02. The van der Waals surface area contributed by atoms with Gasteiger partial charge in [-0.05, 0) is 23.6 Å². The first-order valence-electron chi connectivity index (χ1n) is 9.73.